The van der Waals surface area contributed by atoms with E-state index in [-0.39, 0.29) is 37.5 Å². The van der Waals surface area contributed by atoms with Gasteiger partial charge in [-0.15, -0.1) is 0 Å². The Labute approximate surface area is 124 Å². The molecule has 0 aliphatic carbocycles. The Kier molecular flexibility index (Phi) is 4.73. The molecule has 1 aliphatic rings. The number of hydrogen-bond acceptors (Lipinski definition) is 3. The van der Waals surface area contributed by atoms with Crippen molar-refractivity contribution in [3.05, 3.63) is 29.0 Å². The number of aliphatic hydroxyl groups excluding tert-OH is 1. The number of hydrogen-bond donors (Lipinski definition) is 1. The number of halogens is 4. The van der Waals surface area contributed by atoms with E-state index in [1.165, 1.54) is 23.2 Å². The van der Waals surface area contributed by atoms with Crippen molar-refractivity contribution >= 4 is 17.5 Å². The van der Waals surface area contributed by atoms with Crippen LogP contribution in [0.25, 0.3) is 0 Å². The van der Waals surface area contributed by atoms with Gasteiger partial charge in [0, 0.05) is 24.3 Å². The van der Waals surface area contributed by atoms with E-state index in [2.05, 4.69) is 4.98 Å². The highest BCUT2D eigenvalue weighted by molar-refractivity contribution is 6.30. The number of amides is 1. The third kappa shape index (κ3) is 3.85. The van der Waals surface area contributed by atoms with Crippen LogP contribution in [0.1, 0.15) is 23.3 Å². The molecule has 1 aromatic rings. The second-order valence-corrected chi connectivity index (χ2v) is 5.41. The van der Waals surface area contributed by atoms with Crippen molar-refractivity contribution < 1.29 is 23.1 Å². The fourth-order valence-electron chi connectivity index (χ4n) is 2.37. The summed E-state index contributed by atoms with van der Waals surface area (Å²) >= 11 is 5.77. The maximum atomic E-state index is 12.4. The zero-order valence-corrected chi connectivity index (χ0v) is 11.7. The van der Waals surface area contributed by atoms with Crippen LogP contribution in [0.5, 0.6) is 0 Å². The molecule has 4 nitrogen and oxygen atoms in total. The van der Waals surface area contributed by atoms with Crippen molar-refractivity contribution in [2.75, 3.05) is 13.1 Å². The minimum Gasteiger partial charge on any atom is -0.383 e. The Bertz CT molecular complexity index is 516. The topological polar surface area (TPSA) is 53.4 Å². The predicted molar refractivity (Wildman–Crippen MR) is 69.9 cm³/mol. The lowest BCUT2D eigenvalue weighted by atomic mass is 9.91. The molecule has 0 spiro atoms. The number of rotatable bonds is 2. The van der Waals surface area contributed by atoms with Gasteiger partial charge in [-0.3, -0.25) is 9.78 Å². The molecular weight excluding hydrogens is 309 g/mol. The van der Waals surface area contributed by atoms with Gasteiger partial charge in [-0.1, -0.05) is 11.6 Å². The third-order valence-electron chi connectivity index (χ3n) is 3.55. The summed E-state index contributed by atoms with van der Waals surface area (Å²) in [5.74, 6) is -1.24. The standard InChI is InChI=1S/C13H14ClF3N2O2/c14-9-1-4-18-10(7-9)12(21)19-5-2-8(3-6-19)11(20)13(15,16)17/h1,4,7-8,11,20H,2-3,5-6H2. The molecule has 1 aromatic heterocycles. The Balaban J connectivity index is 1.96. The first-order chi connectivity index (χ1) is 9.79. The molecule has 116 valence electrons. The maximum Gasteiger partial charge on any atom is 0.414 e. The SMILES string of the molecule is O=C(c1cc(Cl)ccn1)N1CCC(C(O)C(F)(F)F)CC1. The summed E-state index contributed by atoms with van der Waals surface area (Å²) in [6.07, 6.45) is -5.35. The van der Waals surface area contributed by atoms with Crippen molar-refractivity contribution in [2.24, 2.45) is 5.92 Å². The zero-order chi connectivity index (χ0) is 15.6. The van der Waals surface area contributed by atoms with E-state index in [9.17, 15) is 23.1 Å². The van der Waals surface area contributed by atoms with Crippen LogP contribution >= 0.6 is 11.6 Å². The molecule has 0 radical (unpaired) electrons. The molecule has 0 bridgehead atoms. The average Bonchev–Trinajstić information content (AvgIpc) is 2.45. The predicted octanol–water partition coefficient (Wildman–Crippen LogP) is 2.51. The van der Waals surface area contributed by atoms with E-state index >= 15 is 0 Å². The largest absolute Gasteiger partial charge is 0.414 e. The second kappa shape index (κ2) is 6.19. The summed E-state index contributed by atoms with van der Waals surface area (Å²) in [6, 6.07) is 2.95. The van der Waals surface area contributed by atoms with Crippen LogP contribution in [0.3, 0.4) is 0 Å². The third-order valence-corrected chi connectivity index (χ3v) is 3.78. The second-order valence-electron chi connectivity index (χ2n) is 4.98. The van der Waals surface area contributed by atoms with E-state index < -0.39 is 18.2 Å². The summed E-state index contributed by atoms with van der Waals surface area (Å²) in [4.78, 5) is 17.5. The maximum absolute atomic E-state index is 12.4. The van der Waals surface area contributed by atoms with E-state index in [1.54, 1.807) is 0 Å². The normalized spacial score (nSPS) is 18.6. The fourth-order valence-corrected chi connectivity index (χ4v) is 2.53. The van der Waals surface area contributed by atoms with Crippen molar-refractivity contribution in [3.63, 3.8) is 0 Å². The fraction of sp³-hybridized carbons (Fsp3) is 0.538. The Morgan fingerprint density at radius 2 is 2.05 bits per heavy atom. The molecule has 8 heteroatoms. The molecular formula is C13H14ClF3N2O2. The smallest absolute Gasteiger partial charge is 0.383 e. The highest BCUT2D eigenvalue weighted by Crippen LogP contribution is 2.31. The molecule has 1 saturated heterocycles. The van der Waals surface area contributed by atoms with E-state index in [0.29, 0.717) is 5.02 Å². The van der Waals surface area contributed by atoms with Gasteiger partial charge in [0.25, 0.3) is 5.91 Å². The molecule has 2 heterocycles. The Morgan fingerprint density at radius 1 is 1.43 bits per heavy atom. The van der Waals surface area contributed by atoms with Gasteiger partial charge in [0.15, 0.2) is 6.10 Å². The minimum atomic E-state index is -4.62. The lowest BCUT2D eigenvalue weighted by Gasteiger charge is -2.34. The summed E-state index contributed by atoms with van der Waals surface area (Å²) in [5.41, 5.74) is 0.164. The van der Waals surface area contributed by atoms with Gasteiger partial charge < -0.3 is 10.0 Å². The van der Waals surface area contributed by atoms with Crippen LogP contribution in [0.15, 0.2) is 18.3 Å². The van der Waals surface area contributed by atoms with Gasteiger partial charge in [0.2, 0.25) is 0 Å². The lowest BCUT2D eigenvalue weighted by Crippen LogP contribution is -2.45. The molecule has 0 aromatic carbocycles. The molecule has 1 fully saturated rings. The van der Waals surface area contributed by atoms with Crippen molar-refractivity contribution in [3.8, 4) is 0 Å². The summed E-state index contributed by atoms with van der Waals surface area (Å²) in [7, 11) is 0. The van der Waals surface area contributed by atoms with Gasteiger partial charge in [0.05, 0.1) is 0 Å². The quantitative estimate of drug-likeness (QED) is 0.910. The van der Waals surface area contributed by atoms with Crippen LogP contribution in [0.2, 0.25) is 5.02 Å². The zero-order valence-electron chi connectivity index (χ0n) is 11.0. The lowest BCUT2D eigenvalue weighted by molar-refractivity contribution is -0.222. The van der Waals surface area contributed by atoms with Gasteiger partial charge >= 0.3 is 6.18 Å². The van der Waals surface area contributed by atoms with E-state index in [1.807, 2.05) is 0 Å². The van der Waals surface area contributed by atoms with Gasteiger partial charge in [0.1, 0.15) is 5.69 Å². The van der Waals surface area contributed by atoms with Gasteiger partial charge in [-0.25, -0.2) is 0 Å². The van der Waals surface area contributed by atoms with Crippen LogP contribution in [0.4, 0.5) is 13.2 Å². The number of alkyl halides is 3. The molecule has 1 atom stereocenters. The molecule has 1 amide bonds. The molecule has 0 saturated carbocycles. The Hall–Kier alpha value is -1.34. The average molecular weight is 323 g/mol. The first-order valence-electron chi connectivity index (χ1n) is 6.44. The van der Waals surface area contributed by atoms with Crippen molar-refractivity contribution in [1.29, 1.82) is 0 Å². The molecule has 2 rings (SSSR count). The van der Waals surface area contributed by atoms with E-state index in [0.717, 1.165) is 0 Å². The van der Waals surface area contributed by atoms with Crippen LogP contribution in [-0.2, 0) is 0 Å². The van der Waals surface area contributed by atoms with Crippen LogP contribution < -0.4 is 0 Å². The number of aromatic nitrogens is 1. The number of carbonyl (C=O) groups is 1. The number of pyridine rings is 1. The number of aliphatic hydroxyl groups is 1. The molecule has 21 heavy (non-hydrogen) atoms. The van der Waals surface area contributed by atoms with Gasteiger partial charge in [-0.05, 0) is 30.9 Å². The molecule has 1 N–H and O–H groups in total. The molecule has 1 aliphatic heterocycles. The van der Waals surface area contributed by atoms with E-state index in [4.69, 9.17) is 11.6 Å². The number of carbonyl (C=O) groups excluding carboxylic acids is 1. The number of piperidine rings is 1. The van der Waals surface area contributed by atoms with Crippen LogP contribution in [0, 0.1) is 5.92 Å². The first kappa shape index (κ1) is 16.0. The highest BCUT2D eigenvalue weighted by atomic mass is 35.5. The molecule has 1 unspecified atom stereocenters. The Morgan fingerprint density at radius 3 is 2.57 bits per heavy atom. The number of likely N-dealkylation sites (tertiary alicyclic amines) is 1. The number of nitrogens with zero attached hydrogens (tertiary/aromatic N) is 2. The van der Waals surface area contributed by atoms with Crippen molar-refractivity contribution in [2.45, 2.75) is 25.1 Å². The van der Waals surface area contributed by atoms with Crippen LogP contribution in [-0.4, -0.2) is 46.3 Å². The summed E-state index contributed by atoms with van der Waals surface area (Å²) in [5, 5.41) is 9.60. The monoisotopic (exact) mass is 322 g/mol. The van der Waals surface area contributed by atoms with Crippen molar-refractivity contribution in [1.82, 2.24) is 9.88 Å². The minimum absolute atomic E-state index is 0.104. The first-order valence-corrected chi connectivity index (χ1v) is 6.82. The highest BCUT2D eigenvalue weighted by Gasteiger charge is 2.44. The van der Waals surface area contributed by atoms with Gasteiger partial charge in [-0.2, -0.15) is 13.2 Å². The summed E-state index contributed by atoms with van der Waals surface area (Å²) < 4.78 is 37.3. The summed E-state index contributed by atoms with van der Waals surface area (Å²) in [6.45, 7) is 0.315.